The Morgan fingerprint density at radius 2 is 2.03 bits per heavy atom. The summed E-state index contributed by atoms with van der Waals surface area (Å²) in [7, 11) is -3.88. The maximum absolute atomic E-state index is 13.7. The third kappa shape index (κ3) is 3.88. The lowest BCUT2D eigenvalue weighted by Gasteiger charge is -2.35. The standard InChI is InChI=1S/C21H23ClN2O4S2/c1-3-16-13-24(18-11-15(22)5-7-20(18)28-16)30(26,27)17-6-8-21-19(12-17)23(14(2)25)9-4-10-29-21/h5-8,11-12,16H,3-4,9-10,13H2,1-2H3. The Labute approximate surface area is 186 Å². The van der Waals surface area contributed by atoms with Crippen LogP contribution in [0, 0.1) is 0 Å². The van der Waals surface area contributed by atoms with E-state index >= 15 is 0 Å². The van der Waals surface area contributed by atoms with E-state index in [9.17, 15) is 13.2 Å². The van der Waals surface area contributed by atoms with Crippen molar-refractivity contribution in [3.63, 3.8) is 0 Å². The molecule has 0 aromatic heterocycles. The lowest BCUT2D eigenvalue weighted by molar-refractivity contribution is -0.116. The number of hydrogen-bond donors (Lipinski definition) is 0. The van der Waals surface area contributed by atoms with Crippen molar-refractivity contribution < 1.29 is 17.9 Å². The molecule has 30 heavy (non-hydrogen) atoms. The van der Waals surface area contributed by atoms with Crippen LogP contribution in [0.25, 0.3) is 0 Å². The van der Waals surface area contributed by atoms with Crippen molar-refractivity contribution in [2.45, 2.75) is 42.6 Å². The van der Waals surface area contributed by atoms with Crippen LogP contribution in [-0.2, 0) is 14.8 Å². The fourth-order valence-electron chi connectivity index (χ4n) is 3.70. The second-order valence-corrected chi connectivity index (χ2v) is 10.7. The Hall–Kier alpha value is -1.90. The lowest BCUT2D eigenvalue weighted by atomic mass is 10.2. The maximum atomic E-state index is 13.7. The zero-order valence-electron chi connectivity index (χ0n) is 16.8. The second-order valence-electron chi connectivity index (χ2n) is 7.30. The molecular formula is C21H23ClN2O4S2. The van der Waals surface area contributed by atoms with E-state index in [4.69, 9.17) is 16.3 Å². The number of anilines is 2. The molecule has 1 atom stereocenters. The third-order valence-electron chi connectivity index (χ3n) is 5.28. The van der Waals surface area contributed by atoms with E-state index in [-0.39, 0.29) is 23.5 Å². The molecule has 1 unspecified atom stereocenters. The highest BCUT2D eigenvalue weighted by Gasteiger charge is 2.35. The largest absolute Gasteiger partial charge is 0.486 e. The normalized spacial score (nSPS) is 18.8. The van der Waals surface area contributed by atoms with Gasteiger partial charge in [0.25, 0.3) is 10.0 Å². The van der Waals surface area contributed by atoms with Gasteiger partial charge in [-0.2, -0.15) is 0 Å². The summed E-state index contributed by atoms with van der Waals surface area (Å²) in [4.78, 5) is 14.9. The van der Waals surface area contributed by atoms with E-state index < -0.39 is 10.0 Å². The number of fused-ring (bicyclic) bond motifs is 2. The molecule has 2 aliphatic heterocycles. The Bertz CT molecular complexity index is 1090. The minimum Gasteiger partial charge on any atom is -0.486 e. The first-order valence-electron chi connectivity index (χ1n) is 9.85. The number of benzene rings is 2. The molecule has 0 bridgehead atoms. The first-order valence-corrected chi connectivity index (χ1v) is 12.7. The molecule has 0 saturated carbocycles. The van der Waals surface area contributed by atoms with E-state index in [1.807, 2.05) is 6.92 Å². The molecule has 1 amide bonds. The van der Waals surface area contributed by atoms with Crippen LogP contribution in [0.1, 0.15) is 26.7 Å². The molecule has 2 aliphatic rings. The molecule has 0 N–H and O–H groups in total. The average Bonchev–Trinajstić information content (AvgIpc) is 2.94. The highest BCUT2D eigenvalue weighted by atomic mass is 35.5. The number of amides is 1. The van der Waals surface area contributed by atoms with Crippen LogP contribution >= 0.6 is 23.4 Å². The molecule has 4 rings (SSSR count). The monoisotopic (exact) mass is 466 g/mol. The fourth-order valence-corrected chi connectivity index (χ4v) is 6.36. The first kappa shape index (κ1) is 21.3. The number of ether oxygens (including phenoxy) is 1. The topological polar surface area (TPSA) is 66.9 Å². The Kier molecular flexibility index (Phi) is 5.92. The van der Waals surface area contributed by atoms with Crippen LogP contribution in [0.4, 0.5) is 11.4 Å². The van der Waals surface area contributed by atoms with Gasteiger partial charge >= 0.3 is 0 Å². The molecule has 0 spiro atoms. The summed E-state index contributed by atoms with van der Waals surface area (Å²) in [6.07, 6.45) is 1.28. The molecule has 2 aromatic carbocycles. The van der Waals surface area contributed by atoms with Crippen molar-refractivity contribution >= 4 is 50.7 Å². The minimum atomic E-state index is -3.88. The highest BCUT2D eigenvalue weighted by molar-refractivity contribution is 7.99. The highest BCUT2D eigenvalue weighted by Crippen LogP contribution is 2.41. The quantitative estimate of drug-likeness (QED) is 0.663. The van der Waals surface area contributed by atoms with Crippen LogP contribution < -0.4 is 13.9 Å². The van der Waals surface area contributed by atoms with Gasteiger partial charge in [0.15, 0.2) is 0 Å². The van der Waals surface area contributed by atoms with Crippen LogP contribution in [0.2, 0.25) is 5.02 Å². The number of carbonyl (C=O) groups excluding carboxylic acids is 1. The Balaban J connectivity index is 1.81. The van der Waals surface area contributed by atoms with Crippen molar-refractivity contribution in [1.29, 1.82) is 0 Å². The number of halogens is 1. The van der Waals surface area contributed by atoms with Crippen LogP contribution in [0.5, 0.6) is 5.75 Å². The fraction of sp³-hybridized carbons (Fsp3) is 0.381. The van der Waals surface area contributed by atoms with Gasteiger partial charge in [-0.3, -0.25) is 9.10 Å². The summed E-state index contributed by atoms with van der Waals surface area (Å²) in [5.74, 6) is 1.29. The number of sulfonamides is 1. The molecule has 2 heterocycles. The SMILES string of the molecule is CCC1CN(S(=O)(=O)c2ccc3c(c2)N(C(C)=O)CCCS3)c2cc(Cl)ccc2O1. The van der Waals surface area contributed by atoms with Gasteiger partial charge in [0.1, 0.15) is 11.9 Å². The summed E-state index contributed by atoms with van der Waals surface area (Å²) in [6, 6.07) is 10.0. The van der Waals surface area contributed by atoms with Crippen molar-refractivity contribution in [3.8, 4) is 5.75 Å². The number of rotatable bonds is 3. The first-order chi connectivity index (χ1) is 14.3. The van der Waals surface area contributed by atoms with Crippen molar-refractivity contribution in [2.24, 2.45) is 0 Å². The predicted molar refractivity (Wildman–Crippen MR) is 121 cm³/mol. The molecule has 0 radical (unpaired) electrons. The molecule has 9 heteroatoms. The van der Waals surface area contributed by atoms with Crippen molar-refractivity contribution in [2.75, 3.05) is 28.0 Å². The molecule has 6 nitrogen and oxygen atoms in total. The zero-order valence-corrected chi connectivity index (χ0v) is 19.2. The van der Waals surface area contributed by atoms with Gasteiger partial charge in [-0.1, -0.05) is 18.5 Å². The summed E-state index contributed by atoms with van der Waals surface area (Å²) in [5, 5.41) is 0.439. The van der Waals surface area contributed by atoms with Gasteiger partial charge in [0.05, 0.1) is 22.8 Å². The van der Waals surface area contributed by atoms with Gasteiger partial charge < -0.3 is 9.64 Å². The predicted octanol–water partition coefficient (Wildman–Crippen LogP) is 4.56. The van der Waals surface area contributed by atoms with Gasteiger partial charge in [-0.05, 0) is 55.0 Å². The Morgan fingerprint density at radius 1 is 1.23 bits per heavy atom. The smallest absolute Gasteiger partial charge is 0.264 e. The van der Waals surface area contributed by atoms with Crippen LogP contribution in [-0.4, -0.2) is 39.3 Å². The van der Waals surface area contributed by atoms with Gasteiger partial charge in [-0.25, -0.2) is 8.42 Å². The number of thioether (sulfide) groups is 1. The molecule has 0 aliphatic carbocycles. The number of carbonyl (C=O) groups is 1. The second kappa shape index (κ2) is 8.32. The summed E-state index contributed by atoms with van der Waals surface area (Å²) in [5.41, 5.74) is 1.08. The molecule has 0 fully saturated rings. The lowest BCUT2D eigenvalue weighted by Crippen LogP contribution is -2.43. The van der Waals surface area contributed by atoms with E-state index in [0.717, 1.165) is 17.1 Å². The summed E-state index contributed by atoms with van der Waals surface area (Å²) >= 11 is 7.79. The van der Waals surface area contributed by atoms with Gasteiger partial charge in [0, 0.05) is 23.4 Å². The number of nitrogens with zero attached hydrogens (tertiary/aromatic N) is 2. The summed E-state index contributed by atoms with van der Waals surface area (Å²) < 4.78 is 34.7. The minimum absolute atomic E-state index is 0.0946. The van der Waals surface area contributed by atoms with Crippen molar-refractivity contribution in [1.82, 2.24) is 0 Å². The maximum Gasteiger partial charge on any atom is 0.264 e. The van der Waals surface area contributed by atoms with Crippen LogP contribution in [0.15, 0.2) is 46.2 Å². The van der Waals surface area contributed by atoms with Crippen LogP contribution in [0.3, 0.4) is 0 Å². The van der Waals surface area contributed by atoms with E-state index in [1.165, 1.54) is 11.2 Å². The average molecular weight is 467 g/mol. The van der Waals surface area contributed by atoms with Gasteiger partial charge in [0.2, 0.25) is 5.91 Å². The van der Waals surface area contributed by atoms with Gasteiger partial charge in [-0.15, -0.1) is 11.8 Å². The van der Waals surface area contributed by atoms with E-state index in [0.29, 0.717) is 35.1 Å². The molecule has 0 saturated heterocycles. The Morgan fingerprint density at radius 3 is 2.77 bits per heavy atom. The van der Waals surface area contributed by atoms with E-state index in [2.05, 4.69) is 0 Å². The zero-order chi connectivity index (χ0) is 21.5. The molecular weight excluding hydrogens is 444 g/mol. The van der Waals surface area contributed by atoms with E-state index in [1.54, 1.807) is 53.1 Å². The summed E-state index contributed by atoms with van der Waals surface area (Å²) in [6.45, 7) is 4.24. The molecule has 2 aromatic rings. The third-order valence-corrected chi connectivity index (χ3v) is 8.44. The number of hydrogen-bond acceptors (Lipinski definition) is 5. The molecule has 160 valence electrons. The van der Waals surface area contributed by atoms with Crippen molar-refractivity contribution in [3.05, 3.63) is 41.4 Å².